The summed E-state index contributed by atoms with van der Waals surface area (Å²) in [4.78, 5) is 22.4. The molecule has 3 heterocycles. The van der Waals surface area contributed by atoms with Crippen molar-refractivity contribution < 1.29 is 9.18 Å². The van der Waals surface area contributed by atoms with E-state index in [4.69, 9.17) is 5.73 Å². The Bertz CT molecular complexity index is 885. The van der Waals surface area contributed by atoms with Crippen molar-refractivity contribution in [2.45, 2.75) is 13.0 Å². The summed E-state index contributed by atoms with van der Waals surface area (Å²) < 4.78 is 14.4. The van der Waals surface area contributed by atoms with E-state index in [2.05, 4.69) is 9.97 Å². The van der Waals surface area contributed by atoms with Gasteiger partial charge in [0.15, 0.2) is 10.9 Å². The molecule has 0 radical (unpaired) electrons. The lowest BCUT2D eigenvalue weighted by Gasteiger charge is -2.25. The molecule has 112 valence electrons. The zero-order valence-electron chi connectivity index (χ0n) is 11.6. The van der Waals surface area contributed by atoms with Crippen molar-refractivity contribution in [1.82, 2.24) is 14.9 Å². The fourth-order valence-electron chi connectivity index (χ4n) is 2.80. The summed E-state index contributed by atoms with van der Waals surface area (Å²) in [7, 11) is 0. The fourth-order valence-corrected chi connectivity index (χ4v) is 3.70. The number of thiazole rings is 1. The Morgan fingerprint density at radius 3 is 3.05 bits per heavy atom. The standard InChI is InChI=1S/C15H13FN4OS/c16-12-8-3-1-2-4-9(8)18-13(12)14(21)20-6-5-10-11(7-20)22-15(17)19-10/h1-4,18H,5-7H2,(H2,17,19). The van der Waals surface area contributed by atoms with E-state index in [-0.39, 0.29) is 11.6 Å². The first-order valence-electron chi connectivity index (χ1n) is 6.93. The number of hydrogen-bond donors (Lipinski definition) is 2. The van der Waals surface area contributed by atoms with Crippen molar-refractivity contribution in [3.05, 3.63) is 46.3 Å². The second-order valence-electron chi connectivity index (χ2n) is 5.26. The number of nitrogen functional groups attached to an aromatic ring is 1. The van der Waals surface area contributed by atoms with Gasteiger partial charge in [0.2, 0.25) is 0 Å². The van der Waals surface area contributed by atoms with Crippen molar-refractivity contribution in [2.75, 3.05) is 12.3 Å². The maximum Gasteiger partial charge on any atom is 0.273 e. The summed E-state index contributed by atoms with van der Waals surface area (Å²) in [6.07, 6.45) is 0.649. The normalized spacial score (nSPS) is 14.3. The number of nitrogens with one attached hydrogen (secondary N) is 1. The molecule has 4 rings (SSSR count). The molecule has 7 heteroatoms. The second kappa shape index (κ2) is 4.81. The number of nitrogens with two attached hydrogens (primary N) is 1. The van der Waals surface area contributed by atoms with Crippen LogP contribution in [0.3, 0.4) is 0 Å². The predicted molar refractivity (Wildman–Crippen MR) is 83.2 cm³/mol. The van der Waals surface area contributed by atoms with Crippen LogP contribution in [-0.2, 0) is 13.0 Å². The number of anilines is 1. The Morgan fingerprint density at radius 1 is 1.41 bits per heavy atom. The third-order valence-electron chi connectivity index (χ3n) is 3.89. The molecule has 0 aliphatic carbocycles. The lowest BCUT2D eigenvalue weighted by molar-refractivity contribution is 0.0726. The van der Waals surface area contributed by atoms with E-state index in [0.29, 0.717) is 35.5 Å². The molecule has 0 saturated heterocycles. The minimum atomic E-state index is -0.491. The Hall–Kier alpha value is -2.41. The average Bonchev–Trinajstić information content (AvgIpc) is 3.05. The third-order valence-corrected chi connectivity index (χ3v) is 4.80. The summed E-state index contributed by atoms with van der Waals surface area (Å²) in [5.74, 6) is -0.818. The molecule has 1 aromatic carbocycles. The minimum Gasteiger partial charge on any atom is -0.375 e. The van der Waals surface area contributed by atoms with E-state index in [9.17, 15) is 9.18 Å². The molecule has 3 aromatic rings. The molecule has 0 bridgehead atoms. The van der Waals surface area contributed by atoms with Crippen LogP contribution in [0.1, 0.15) is 21.1 Å². The van der Waals surface area contributed by atoms with Gasteiger partial charge in [0, 0.05) is 28.7 Å². The van der Waals surface area contributed by atoms with Gasteiger partial charge in [0.25, 0.3) is 5.91 Å². The fraction of sp³-hybridized carbons (Fsp3) is 0.200. The number of carbonyl (C=O) groups is 1. The Balaban J connectivity index is 1.68. The van der Waals surface area contributed by atoms with Crippen molar-refractivity contribution in [2.24, 2.45) is 0 Å². The molecule has 2 aromatic heterocycles. The topological polar surface area (TPSA) is 75.0 Å². The highest BCUT2D eigenvalue weighted by Crippen LogP contribution is 2.28. The maximum absolute atomic E-state index is 14.4. The monoisotopic (exact) mass is 316 g/mol. The van der Waals surface area contributed by atoms with Crippen molar-refractivity contribution >= 4 is 33.3 Å². The number of hydrogen-bond acceptors (Lipinski definition) is 4. The van der Waals surface area contributed by atoms with Crippen molar-refractivity contribution in [3.8, 4) is 0 Å². The van der Waals surface area contributed by atoms with E-state index in [1.807, 2.05) is 0 Å². The molecular weight excluding hydrogens is 303 g/mol. The number of aromatic amines is 1. The number of nitrogens with zero attached hydrogens (tertiary/aromatic N) is 2. The van der Waals surface area contributed by atoms with Gasteiger partial charge in [-0.2, -0.15) is 0 Å². The number of fused-ring (bicyclic) bond motifs is 2. The number of carbonyl (C=O) groups excluding carboxylic acids is 1. The Labute approximate surface area is 129 Å². The molecule has 0 saturated carbocycles. The van der Waals surface area contributed by atoms with Gasteiger partial charge < -0.3 is 15.6 Å². The lowest BCUT2D eigenvalue weighted by atomic mass is 10.1. The van der Waals surface area contributed by atoms with Crippen LogP contribution in [0.25, 0.3) is 10.9 Å². The molecule has 1 aliphatic heterocycles. The van der Waals surface area contributed by atoms with Crippen molar-refractivity contribution in [1.29, 1.82) is 0 Å². The number of para-hydroxylation sites is 1. The average molecular weight is 316 g/mol. The number of H-pyrrole nitrogens is 1. The molecule has 1 amide bonds. The first-order chi connectivity index (χ1) is 10.6. The molecule has 0 fully saturated rings. The highest BCUT2D eigenvalue weighted by Gasteiger charge is 2.28. The smallest absolute Gasteiger partial charge is 0.273 e. The summed E-state index contributed by atoms with van der Waals surface area (Å²) in [6.45, 7) is 0.946. The first-order valence-corrected chi connectivity index (χ1v) is 7.74. The molecule has 0 spiro atoms. The lowest BCUT2D eigenvalue weighted by Crippen LogP contribution is -2.36. The van der Waals surface area contributed by atoms with Crippen LogP contribution in [0.2, 0.25) is 0 Å². The highest BCUT2D eigenvalue weighted by atomic mass is 32.1. The van der Waals surface area contributed by atoms with Gasteiger partial charge in [0.05, 0.1) is 12.2 Å². The molecule has 0 unspecified atom stereocenters. The minimum absolute atomic E-state index is 0.0159. The predicted octanol–water partition coefficient (Wildman–Crippen LogP) is 2.54. The quantitative estimate of drug-likeness (QED) is 0.724. The first kappa shape index (κ1) is 13.3. The Morgan fingerprint density at radius 2 is 2.23 bits per heavy atom. The summed E-state index contributed by atoms with van der Waals surface area (Å²) in [6, 6.07) is 6.98. The van der Waals surface area contributed by atoms with Gasteiger partial charge in [-0.25, -0.2) is 9.37 Å². The van der Waals surface area contributed by atoms with Crippen molar-refractivity contribution in [3.63, 3.8) is 0 Å². The van der Waals surface area contributed by atoms with Crippen LogP contribution in [0, 0.1) is 5.82 Å². The van der Waals surface area contributed by atoms with Gasteiger partial charge >= 0.3 is 0 Å². The van der Waals surface area contributed by atoms with E-state index in [1.165, 1.54) is 11.3 Å². The summed E-state index contributed by atoms with van der Waals surface area (Å²) in [5.41, 5.74) is 7.30. The third kappa shape index (κ3) is 1.97. The number of halogens is 1. The van der Waals surface area contributed by atoms with E-state index in [0.717, 1.165) is 10.6 Å². The summed E-state index contributed by atoms with van der Waals surface area (Å²) >= 11 is 1.38. The molecule has 3 N–H and O–H groups in total. The maximum atomic E-state index is 14.4. The second-order valence-corrected chi connectivity index (χ2v) is 6.37. The van der Waals surface area contributed by atoms with Gasteiger partial charge in [-0.15, -0.1) is 11.3 Å². The van der Waals surface area contributed by atoms with Crippen LogP contribution in [0.4, 0.5) is 9.52 Å². The SMILES string of the molecule is Nc1nc2c(s1)CN(C(=O)c1[nH]c3ccccc3c1F)CC2. The van der Waals surface area contributed by atoms with Gasteiger partial charge in [-0.05, 0) is 12.1 Å². The van der Waals surface area contributed by atoms with Gasteiger partial charge in [-0.1, -0.05) is 12.1 Å². The molecule has 5 nitrogen and oxygen atoms in total. The number of benzene rings is 1. The highest BCUT2D eigenvalue weighted by molar-refractivity contribution is 7.15. The van der Waals surface area contributed by atoms with Gasteiger partial charge in [0.1, 0.15) is 5.69 Å². The molecule has 22 heavy (non-hydrogen) atoms. The largest absolute Gasteiger partial charge is 0.375 e. The zero-order valence-corrected chi connectivity index (χ0v) is 12.4. The molecule has 0 atom stereocenters. The Kier molecular flexibility index (Phi) is 2.90. The van der Waals surface area contributed by atoms with Gasteiger partial charge in [-0.3, -0.25) is 4.79 Å². The van der Waals surface area contributed by atoms with E-state index < -0.39 is 5.82 Å². The van der Waals surface area contributed by atoms with Crippen LogP contribution in [-0.4, -0.2) is 27.3 Å². The number of aromatic nitrogens is 2. The van der Waals surface area contributed by atoms with Crippen LogP contribution < -0.4 is 5.73 Å². The molecular formula is C15H13FN4OS. The van der Waals surface area contributed by atoms with Crippen LogP contribution in [0.15, 0.2) is 24.3 Å². The molecule has 1 aliphatic rings. The van der Waals surface area contributed by atoms with Crippen LogP contribution >= 0.6 is 11.3 Å². The van der Waals surface area contributed by atoms with Crippen LogP contribution in [0.5, 0.6) is 0 Å². The van der Waals surface area contributed by atoms with E-state index in [1.54, 1.807) is 29.2 Å². The van der Waals surface area contributed by atoms with E-state index >= 15 is 0 Å². The zero-order chi connectivity index (χ0) is 15.3. The number of amides is 1. The summed E-state index contributed by atoms with van der Waals surface area (Å²) in [5, 5.41) is 0.946. The number of rotatable bonds is 1.